The molecular formula is C18H22N8. The van der Waals surface area contributed by atoms with Gasteiger partial charge in [0.1, 0.15) is 11.6 Å². The Kier molecular flexibility index (Phi) is 3.69. The van der Waals surface area contributed by atoms with Crippen molar-refractivity contribution < 1.29 is 0 Å². The van der Waals surface area contributed by atoms with Gasteiger partial charge in [-0.25, -0.2) is 4.98 Å². The van der Waals surface area contributed by atoms with E-state index in [9.17, 15) is 0 Å². The van der Waals surface area contributed by atoms with E-state index in [0.717, 1.165) is 48.4 Å². The van der Waals surface area contributed by atoms with Crippen LogP contribution < -0.4 is 10.2 Å². The average molecular weight is 350 g/mol. The maximum atomic E-state index is 4.80. The van der Waals surface area contributed by atoms with Crippen molar-refractivity contribution >= 4 is 17.3 Å². The minimum absolute atomic E-state index is 0.525. The summed E-state index contributed by atoms with van der Waals surface area (Å²) in [4.78, 5) is 10.9. The molecule has 0 atom stereocenters. The summed E-state index contributed by atoms with van der Waals surface area (Å²) in [6.07, 6.45) is 7.22. The molecule has 2 fully saturated rings. The first-order chi connectivity index (χ1) is 12.8. The number of aromatic nitrogens is 6. The molecule has 1 saturated heterocycles. The highest BCUT2D eigenvalue weighted by Gasteiger charge is 2.29. The minimum Gasteiger partial charge on any atom is -0.368 e. The van der Waals surface area contributed by atoms with Crippen molar-refractivity contribution in [1.29, 1.82) is 0 Å². The molecule has 26 heavy (non-hydrogen) atoms. The Morgan fingerprint density at radius 1 is 1.15 bits per heavy atom. The Morgan fingerprint density at radius 2 is 2.04 bits per heavy atom. The summed E-state index contributed by atoms with van der Waals surface area (Å²) in [7, 11) is 0. The van der Waals surface area contributed by atoms with E-state index in [1.165, 1.54) is 19.3 Å². The number of nitrogens with zero attached hydrogens (tertiary/aromatic N) is 7. The maximum absolute atomic E-state index is 4.80. The van der Waals surface area contributed by atoms with Gasteiger partial charge in [-0.05, 0) is 31.9 Å². The van der Waals surface area contributed by atoms with Crippen LogP contribution in [0.1, 0.15) is 36.7 Å². The summed E-state index contributed by atoms with van der Waals surface area (Å²) in [5.41, 5.74) is 1.77. The molecule has 5 rings (SSSR count). The lowest BCUT2D eigenvalue weighted by atomic mass is 9.85. The molecule has 0 aromatic carbocycles. The van der Waals surface area contributed by atoms with Crippen LogP contribution in [-0.4, -0.2) is 49.4 Å². The molecule has 1 aliphatic heterocycles. The maximum Gasteiger partial charge on any atom is 0.178 e. The molecule has 0 amide bonds. The van der Waals surface area contributed by atoms with E-state index < -0.39 is 0 Å². The third-order valence-electron chi connectivity index (χ3n) is 5.35. The van der Waals surface area contributed by atoms with Gasteiger partial charge in [-0.15, -0.1) is 15.3 Å². The lowest BCUT2D eigenvalue weighted by Crippen LogP contribution is -2.50. The van der Waals surface area contributed by atoms with Gasteiger partial charge in [0, 0.05) is 37.7 Å². The number of nitrogens with one attached hydrogen (secondary N) is 1. The summed E-state index contributed by atoms with van der Waals surface area (Å²) in [6, 6.07) is 4.07. The molecule has 0 radical (unpaired) electrons. The van der Waals surface area contributed by atoms with Crippen LogP contribution in [0, 0.1) is 12.8 Å². The molecule has 3 aromatic rings. The first kappa shape index (κ1) is 15.5. The van der Waals surface area contributed by atoms with Crippen molar-refractivity contribution in [3.63, 3.8) is 0 Å². The molecule has 1 saturated carbocycles. The van der Waals surface area contributed by atoms with E-state index in [1.807, 2.05) is 23.6 Å². The summed E-state index contributed by atoms with van der Waals surface area (Å²) in [5.74, 6) is 3.98. The molecule has 3 aromatic heterocycles. The van der Waals surface area contributed by atoms with Crippen LogP contribution in [0.2, 0.25) is 0 Å². The number of hydrogen-bond donors (Lipinski definition) is 1. The predicted molar refractivity (Wildman–Crippen MR) is 98.3 cm³/mol. The highest BCUT2D eigenvalue weighted by molar-refractivity contribution is 5.48. The molecule has 2 aliphatic rings. The normalized spacial score (nSPS) is 18.0. The summed E-state index contributed by atoms with van der Waals surface area (Å²) < 4.78 is 1.94. The summed E-state index contributed by atoms with van der Waals surface area (Å²) in [6.45, 7) is 4.84. The van der Waals surface area contributed by atoms with Gasteiger partial charge in [0.2, 0.25) is 0 Å². The first-order valence-electron chi connectivity index (χ1n) is 9.26. The second kappa shape index (κ2) is 6.19. The van der Waals surface area contributed by atoms with E-state index in [0.29, 0.717) is 11.8 Å². The Morgan fingerprint density at radius 3 is 2.81 bits per heavy atom. The quantitative estimate of drug-likeness (QED) is 0.754. The van der Waals surface area contributed by atoms with Crippen molar-refractivity contribution in [2.75, 3.05) is 29.9 Å². The second-order valence-corrected chi connectivity index (χ2v) is 7.35. The molecule has 0 bridgehead atoms. The standard InChI is InChI=1S/C18H22N8/c1-12-7-19-9-15(21-12)20-8-13-10-25(11-13)17-6-5-16-22-23-18(26(16)24-17)14-3-2-4-14/h5-7,9,13-14H,2-4,8,10-11H2,1H3,(H,20,21). The zero-order chi connectivity index (χ0) is 17.5. The number of hydrogen-bond acceptors (Lipinski definition) is 7. The molecule has 1 aliphatic carbocycles. The Bertz CT molecular complexity index is 926. The zero-order valence-electron chi connectivity index (χ0n) is 14.8. The van der Waals surface area contributed by atoms with Crippen molar-refractivity contribution in [3.05, 3.63) is 36.0 Å². The SMILES string of the molecule is Cc1cncc(NCC2CN(c3ccc4nnc(C5CCC5)n4n3)C2)n1. The van der Waals surface area contributed by atoms with E-state index in [1.54, 1.807) is 12.4 Å². The van der Waals surface area contributed by atoms with Gasteiger partial charge >= 0.3 is 0 Å². The number of rotatable bonds is 5. The largest absolute Gasteiger partial charge is 0.368 e. The van der Waals surface area contributed by atoms with Crippen molar-refractivity contribution in [1.82, 2.24) is 29.8 Å². The fourth-order valence-corrected chi connectivity index (χ4v) is 3.57. The van der Waals surface area contributed by atoms with Crippen LogP contribution in [0.25, 0.3) is 5.65 Å². The second-order valence-electron chi connectivity index (χ2n) is 7.35. The molecule has 8 nitrogen and oxygen atoms in total. The molecule has 0 spiro atoms. The van der Waals surface area contributed by atoms with E-state index in [-0.39, 0.29) is 0 Å². The van der Waals surface area contributed by atoms with Crippen LogP contribution in [0.15, 0.2) is 24.5 Å². The van der Waals surface area contributed by atoms with Crippen molar-refractivity contribution in [2.24, 2.45) is 5.92 Å². The van der Waals surface area contributed by atoms with Gasteiger partial charge in [0.15, 0.2) is 11.5 Å². The third-order valence-corrected chi connectivity index (χ3v) is 5.35. The van der Waals surface area contributed by atoms with Crippen LogP contribution in [-0.2, 0) is 0 Å². The van der Waals surface area contributed by atoms with Gasteiger partial charge in [0.05, 0.1) is 11.9 Å². The Labute approximate surface area is 151 Å². The van der Waals surface area contributed by atoms with Crippen LogP contribution >= 0.6 is 0 Å². The molecule has 4 heterocycles. The third kappa shape index (κ3) is 2.75. The molecule has 134 valence electrons. The highest BCUT2D eigenvalue weighted by Crippen LogP contribution is 2.35. The predicted octanol–water partition coefficient (Wildman–Crippen LogP) is 2.04. The molecule has 0 unspecified atom stereocenters. The van der Waals surface area contributed by atoms with Gasteiger partial charge in [-0.3, -0.25) is 4.98 Å². The van der Waals surface area contributed by atoms with E-state index in [2.05, 4.69) is 30.4 Å². The highest BCUT2D eigenvalue weighted by atomic mass is 15.4. The fraction of sp³-hybridized carbons (Fsp3) is 0.500. The molecule has 8 heteroatoms. The summed E-state index contributed by atoms with van der Waals surface area (Å²) in [5, 5.41) is 16.8. The molecular weight excluding hydrogens is 328 g/mol. The zero-order valence-corrected chi connectivity index (χ0v) is 14.8. The Hall–Kier alpha value is -2.77. The van der Waals surface area contributed by atoms with Gasteiger partial charge in [-0.1, -0.05) is 6.42 Å². The van der Waals surface area contributed by atoms with Gasteiger partial charge in [-0.2, -0.15) is 4.52 Å². The van der Waals surface area contributed by atoms with Crippen LogP contribution in [0.5, 0.6) is 0 Å². The molecule has 1 N–H and O–H groups in total. The minimum atomic E-state index is 0.525. The van der Waals surface area contributed by atoms with Crippen LogP contribution in [0.3, 0.4) is 0 Å². The topological polar surface area (TPSA) is 84.1 Å². The number of anilines is 2. The smallest absolute Gasteiger partial charge is 0.178 e. The summed E-state index contributed by atoms with van der Waals surface area (Å²) >= 11 is 0. The lowest BCUT2D eigenvalue weighted by Gasteiger charge is -2.40. The average Bonchev–Trinajstić information content (AvgIpc) is 2.95. The van der Waals surface area contributed by atoms with E-state index >= 15 is 0 Å². The van der Waals surface area contributed by atoms with Crippen LogP contribution in [0.4, 0.5) is 11.6 Å². The number of aryl methyl sites for hydroxylation is 1. The van der Waals surface area contributed by atoms with E-state index in [4.69, 9.17) is 5.10 Å². The van der Waals surface area contributed by atoms with Crippen molar-refractivity contribution in [3.8, 4) is 0 Å². The van der Waals surface area contributed by atoms with Crippen molar-refractivity contribution in [2.45, 2.75) is 32.1 Å². The van der Waals surface area contributed by atoms with Gasteiger partial charge in [0.25, 0.3) is 0 Å². The van der Waals surface area contributed by atoms with Gasteiger partial charge < -0.3 is 10.2 Å². The lowest BCUT2D eigenvalue weighted by molar-refractivity contribution is 0.393. The Balaban J connectivity index is 1.23. The first-order valence-corrected chi connectivity index (χ1v) is 9.26. The monoisotopic (exact) mass is 350 g/mol. The fourth-order valence-electron chi connectivity index (χ4n) is 3.57. The number of fused-ring (bicyclic) bond motifs is 1.